The Hall–Kier alpha value is -1.46. The first-order valence-electron chi connectivity index (χ1n) is 7.17. The number of ether oxygens (including phenoxy) is 2. The minimum absolute atomic E-state index is 0. The molecular formula is C15H21ClN2O3. The lowest BCUT2D eigenvalue weighted by atomic mass is 10.00. The van der Waals surface area contributed by atoms with Crippen molar-refractivity contribution >= 4 is 18.3 Å². The van der Waals surface area contributed by atoms with Crippen molar-refractivity contribution in [2.45, 2.75) is 31.8 Å². The minimum atomic E-state index is -0.0774. The number of rotatable bonds is 2. The first kappa shape index (κ1) is 15.9. The predicted octanol–water partition coefficient (Wildman–Crippen LogP) is 1.75. The van der Waals surface area contributed by atoms with E-state index in [2.05, 4.69) is 17.6 Å². The minimum Gasteiger partial charge on any atom is -0.486 e. The van der Waals surface area contributed by atoms with Gasteiger partial charge in [0.05, 0.1) is 5.56 Å². The molecule has 1 aromatic carbocycles. The van der Waals surface area contributed by atoms with Gasteiger partial charge >= 0.3 is 0 Å². The van der Waals surface area contributed by atoms with Crippen LogP contribution >= 0.6 is 12.4 Å². The van der Waals surface area contributed by atoms with Crippen molar-refractivity contribution in [3.63, 3.8) is 0 Å². The third-order valence-corrected chi connectivity index (χ3v) is 3.77. The molecule has 0 spiro atoms. The SMILES string of the molecule is CC1CC(NC(=O)c2cccc3c2OCCO3)CCN1.Cl. The maximum absolute atomic E-state index is 12.4. The second-order valence-electron chi connectivity index (χ2n) is 5.38. The number of para-hydroxylation sites is 1. The Bertz CT molecular complexity index is 510. The molecule has 0 saturated carbocycles. The van der Waals surface area contributed by atoms with E-state index in [1.165, 1.54) is 0 Å². The van der Waals surface area contributed by atoms with Gasteiger partial charge in [-0.3, -0.25) is 4.79 Å². The smallest absolute Gasteiger partial charge is 0.255 e. The molecule has 6 heteroatoms. The number of amides is 1. The van der Waals surface area contributed by atoms with Crippen LogP contribution in [0.25, 0.3) is 0 Å². The molecular weight excluding hydrogens is 292 g/mol. The van der Waals surface area contributed by atoms with Gasteiger partial charge in [-0.25, -0.2) is 0 Å². The highest BCUT2D eigenvalue weighted by molar-refractivity contribution is 5.98. The molecule has 1 fully saturated rings. The molecule has 2 aliphatic rings. The number of hydrogen-bond donors (Lipinski definition) is 2. The Morgan fingerprint density at radius 3 is 2.95 bits per heavy atom. The van der Waals surface area contributed by atoms with E-state index in [0.717, 1.165) is 19.4 Å². The zero-order chi connectivity index (χ0) is 13.9. The molecule has 0 radical (unpaired) electrons. The Labute approximate surface area is 130 Å². The Morgan fingerprint density at radius 1 is 1.33 bits per heavy atom. The van der Waals surface area contributed by atoms with Crippen LogP contribution in [0.4, 0.5) is 0 Å². The van der Waals surface area contributed by atoms with Gasteiger partial charge in [-0.05, 0) is 38.4 Å². The average Bonchev–Trinajstić information content (AvgIpc) is 2.46. The van der Waals surface area contributed by atoms with E-state index in [1.807, 2.05) is 12.1 Å². The molecule has 2 N–H and O–H groups in total. The molecule has 21 heavy (non-hydrogen) atoms. The Morgan fingerprint density at radius 2 is 2.14 bits per heavy atom. The van der Waals surface area contributed by atoms with Crippen molar-refractivity contribution in [3.8, 4) is 11.5 Å². The summed E-state index contributed by atoms with van der Waals surface area (Å²) >= 11 is 0. The largest absolute Gasteiger partial charge is 0.486 e. The first-order chi connectivity index (χ1) is 9.74. The summed E-state index contributed by atoms with van der Waals surface area (Å²) in [6, 6.07) is 6.11. The molecule has 2 unspecified atom stereocenters. The fraction of sp³-hybridized carbons (Fsp3) is 0.533. The summed E-state index contributed by atoms with van der Waals surface area (Å²) in [5, 5.41) is 6.48. The molecule has 5 nitrogen and oxygen atoms in total. The predicted molar refractivity (Wildman–Crippen MR) is 82.6 cm³/mol. The summed E-state index contributed by atoms with van der Waals surface area (Å²) in [5.41, 5.74) is 0.563. The van der Waals surface area contributed by atoms with E-state index in [4.69, 9.17) is 9.47 Å². The topological polar surface area (TPSA) is 59.6 Å². The molecule has 1 saturated heterocycles. The number of nitrogens with one attached hydrogen (secondary N) is 2. The van der Waals surface area contributed by atoms with Crippen LogP contribution in [0.3, 0.4) is 0 Å². The fourth-order valence-corrected chi connectivity index (χ4v) is 2.78. The lowest BCUT2D eigenvalue weighted by Gasteiger charge is -2.29. The second-order valence-corrected chi connectivity index (χ2v) is 5.38. The molecule has 3 rings (SSSR count). The van der Waals surface area contributed by atoms with Gasteiger partial charge in [0.1, 0.15) is 13.2 Å². The van der Waals surface area contributed by atoms with Crippen molar-refractivity contribution in [2.24, 2.45) is 0 Å². The quantitative estimate of drug-likeness (QED) is 0.873. The van der Waals surface area contributed by atoms with Crippen LogP contribution in [0.5, 0.6) is 11.5 Å². The van der Waals surface area contributed by atoms with Crippen molar-refractivity contribution in [3.05, 3.63) is 23.8 Å². The van der Waals surface area contributed by atoms with Crippen LogP contribution in [0.2, 0.25) is 0 Å². The highest BCUT2D eigenvalue weighted by Gasteiger charge is 2.24. The summed E-state index contributed by atoms with van der Waals surface area (Å²) < 4.78 is 11.1. The lowest BCUT2D eigenvalue weighted by Crippen LogP contribution is -2.46. The molecule has 2 aliphatic heterocycles. The van der Waals surface area contributed by atoms with Gasteiger partial charge in [-0.15, -0.1) is 12.4 Å². The molecule has 0 aromatic heterocycles. The van der Waals surface area contributed by atoms with E-state index in [-0.39, 0.29) is 24.4 Å². The molecule has 1 amide bonds. The number of benzene rings is 1. The number of carbonyl (C=O) groups excluding carboxylic acids is 1. The van der Waals surface area contributed by atoms with Gasteiger partial charge in [-0.1, -0.05) is 6.07 Å². The normalized spacial score (nSPS) is 23.9. The van der Waals surface area contributed by atoms with Gasteiger partial charge in [-0.2, -0.15) is 0 Å². The van der Waals surface area contributed by atoms with Gasteiger partial charge in [0.25, 0.3) is 5.91 Å². The van der Waals surface area contributed by atoms with Crippen molar-refractivity contribution in [1.29, 1.82) is 0 Å². The second kappa shape index (κ2) is 7.00. The molecule has 0 aliphatic carbocycles. The van der Waals surface area contributed by atoms with Crippen LogP contribution < -0.4 is 20.1 Å². The highest BCUT2D eigenvalue weighted by atomic mass is 35.5. The third kappa shape index (κ3) is 3.60. The van der Waals surface area contributed by atoms with Crippen LogP contribution in [-0.4, -0.2) is 37.7 Å². The number of fused-ring (bicyclic) bond motifs is 1. The summed E-state index contributed by atoms with van der Waals surface area (Å²) in [4.78, 5) is 12.4. The first-order valence-corrected chi connectivity index (χ1v) is 7.17. The van der Waals surface area contributed by atoms with E-state index >= 15 is 0 Å². The van der Waals surface area contributed by atoms with E-state index < -0.39 is 0 Å². The summed E-state index contributed by atoms with van der Waals surface area (Å²) in [6.45, 7) is 4.10. The summed E-state index contributed by atoms with van der Waals surface area (Å²) in [7, 11) is 0. The number of piperidine rings is 1. The van der Waals surface area contributed by atoms with Gasteiger partial charge in [0.15, 0.2) is 11.5 Å². The highest BCUT2D eigenvalue weighted by Crippen LogP contribution is 2.33. The molecule has 1 aromatic rings. The third-order valence-electron chi connectivity index (χ3n) is 3.77. The molecule has 2 heterocycles. The van der Waals surface area contributed by atoms with Gasteiger partial charge in [0, 0.05) is 12.1 Å². The zero-order valence-corrected chi connectivity index (χ0v) is 12.9. The van der Waals surface area contributed by atoms with Crippen LogP contribution in [0.15, 0.2) is 18.2 Å². The van der Waals surface area contributed by atoms with Crippen molar-refractivity contribution in [1.82, 2.24) is 10.6 Å². The molecule has 0 bridgehead atoms. The number of halogens is 1. The van der Waals surface area contributed by atoms with Crippen LogP contribution in [0.1, 0.15) is 30.1 Å². The fourth-order valence-electron chi connectivity index (χ4n) is 2.78. The van der Waals surface area contributed by atoms with E-state index in [9.17, 15) is 4.79 Å². The Balaban J connectivity index is 0.00000161. The van der Waals surface area contributed by atoms with Gasteiger partial charge in [0.2, 0.25) is 0 Å². The monoisotopic (exact) mass is 312 g/mol. The van der Waals surface area contributed by atoms with E-state index in [1.54, 1.807) is 6.07 Å². The van der Waals surface area contributed by atoms with Crippen LogP contribution in [-0.2, 0) is 0 Å². The zero-order valence-electron chi connectivity index (χ0n) is 12.1. The molecule has 2 atom stereocenters. The van der Waals surface area contributed by atoms with Crippen molar-refractivity contribution in [2.75, 3.05) is 19.8 Å². The standard InChI is InChI=1S/C15H20N2O3.ClH/c1-10-9-11(5-6-16-10)17-15(18)12-3-2-4-13-14(12)20-8-7-19-13;/h2-4,10-11,16H,5-9H2,1H3,(H,17,18);1H. The Kier molecular flexibility index (Phi) is 5.31. The molecule has 116 valence electrons. The van der Waals surface area contributed by atoms with Crippen LogP contribution in [0, 0.1) is 0 Å². The number of hydrogen-bond acceptors (Lipinski definition) is 4. The van der Waals surface area contributed by atoms with E-state index in [0.29, 0.717) is 36.3 Å². The lowest BCUT2D eigenvalue weighted by molar-refractivity contribution is 0.0914. The number of carbonyl (C=O) groups is 1. The summed E-state index contributed by atoms with van der Waals surface area (Å²) in [5.74, 6) is 1.15. The maximum Gasteiger partial charge on any atom is 0.255 e. The maximum atomic E-state index is 12.4. The average molecular weight is 313 g/mol. The summed E-state index contributed by atoms with van der Waals surface area (Å²) in [6.07, 6.45) is 1.92. The van der Waals surface area contributed by atoms with Crippen molar-refractivity contribution < 1.29 is 14.3 Å². The van der Waals surface area contributed by atoms with Gasteiger partial charge < -0.3 is 20.1 Å².